The molecule has 0 radical (unpaired) electrons. The lowest BCUT2D eigenvalue weighted by atomic mass is 9.95. The molecule has 0 spiro atoms. The molecule has 0 bridgehead atoms. The van der Waals surface area contributed by atoms with Gasteiger partial charge in [-0.25, -0.2) is 9.79 Å². The highest BCUT2D eigenvalue weighted by molar-refractivity contribution is 7.07. The summed E-state index contributed by atoms with van der Waals surface area (Å²) in [6, 6.07) is 12.6. The second-order valence-corrected chi connectivity index (χ2v) is 9.65. The first-order valence-corrected chi connectivity index (χ1v) is 13.5. The predicted molar refractivity (Wildman–Crippen MR) is 150 cm³/mol. The van der Waals surface area contributed by atoms with Crippen molar-refractivity contribution in [3.63, 3.8) is 0 Å². The van der Waals surface area contributed by atoms with Gasteiger partial charge in [0.1, 0.15) is 17.5 Å². The monoisotopic (exact) mass is 535 g/mol. The number of carbonyl (C=O) groups excluding carboxylic acids is 1. The van der Waals surface area contributed by atoms with E-state index in [1.807, 2.05) is 48.5 Å². The largest absolute Gasteiger partial charge is 0.496 e. The smallest absolute Gasteiger partial charge is 0.338 e. The van der Waals surface area contributed by atoms with Gasteiger partial charge in [0.25, 0.3) is 5.56 Å². The molecule has 2 heterocycles. The van der Waals surface area contributed by atoms with Crippen LogP contribution in [0.1, 0.15) is 44.9 Å². The Balaban J connectivity index is 1.93. The minimum atomic E-state index is -0.740. The van der Waals surface area contributed by atoms with E-state index in [2.05, 4.69) is 23.7 Å². The number of ether oxygens (including phenoxy) is 3. The van der Waals surface area contributed by atoms with Crippen LogP contribution < -0.4 is 29.3 Å². The molecule has 0 N–H and O–H groups in total. The van der Waals surface area contributed by atoms with Gasteiger partial charge in [0.2, 0.25) is 0 Å². The third kappa shape index (κ3) is 4.98. The lowest BCUT2D eigenvalue weighted by molar-refractivity contribution is -0.139. The van der Waals surface area contributed by atoms with Crippen molar-refractivity contribution >= 4 is 29.1 Å². The maximum absolute atomic E-state index is 13.9. The van der Waals surface area contributed by atoms with E-state index in [0.29, 0.717) is 37.7 Å². The number of thiazole rings is 1. The van der Waals surface area contributed by atoms with Crippen molar-refractivity contribution in [3.05, 3.63) is 84.5 Å². The van der Waals surface area contributed by atoms with Gasteiger partial charge in [-0.2, -0.15) is 0 Å². The van der Waals surface area contributed by atoms with Crippen molar-refractivity contribution in [1.29, 1.82) is 0 Å². The zero-order valence-corrected chi connectivity index (χ0v) is 23.4. The van der Waals surface area contributed by atoms with Crippen molar-refractivity contribution in [2.45, 2.75) is 33.7 Å². The van der Waals surface area contributed by atoms with Crippen LogP contribution in [-0.4, -0.2) is 44.5 Å². The van der Waals surface area contributed by atoms with E-state index in [-0.39, 0.29) is 12.2 Å². The maximum atomic E-state index is 13.9. The lowest BCUT2D eigenvalue weighted by Crippen LogP contribution is -2.40. The number of rotatable bonds is 9. The molecule has 2 aromatic carbocycles. The van der Waals surface area contributed by atoms with Crippen LogP contribution in [0.25, 0.3) is 6.08 Å². The minimum absolute atomic E-state index is 0.210. The fraction of sp³-hybridized carbons (Fsp3) is 0.345. The molecule has 4 rings (SSSR count). The molecule has 1 aromatic heterocycles. The molecule has 3 aromatic rings. The van der Waals surface area contributed by atoms with Gasteiger partial charge in [-0.05, 0) is 52.0 Å². The SMILES string of the molecule is CCOC(=O)C1=C(C)N=c2s/c(=C/c3ccc(N(CC)CC)cc3OC)c(=O)n2C1c1ccccc1OC. The van der Waals surface area contributed by atoms with E-state index in [1.54, 1.807) is 32.6 Å². The molecule has 0 aliphatic carbocycles. The molecular weight excluding hydrogens is 502 g/mol. The molecule has 9 heteroatoms. The number of nitrogens with zero attached hydrogens (tertiary/aromatic N) is 3. The topological polar surface area (TPSA) is 82.4 Å². The minimum Gasteiger partial charge on any atom is -0.496 e. The second-order valence-electron chi connectivity index (χ2n) is 8.64. The third-order valence-electron chi connectivity index (χ3n) is 6.58. The number of hydrogen-bond donors (Lipinski definition) is 0. The first-order chi connectivity index (χ1) is 18.4. The van der Waals surface area contributed by atoms with Crippen molar-refractivity contribution in [1.82, 2.24) is 4.57 Å². The fourth-order valence-corrected chi connectivity index (χ4v) is 5.76. The van der Waals surface area contributed by atoms with E-state index in [0.717, 1.165) is 24.3 Å². The Morgan fingerprint density at radius 2 is 1.79 bits per heavy atom. The van der Waals surface area contributed by atoms with Crippen molar-refractivity contribution in [2.24, 2.45) is 4.99 Å². The Morgan fingerprint density at radius 3 is 2.45 bits per heavy atom. The lowest BCUT2D eigenvalue weighted by Gasteiger charge is -2.25. The summed E-state index contributed by atoms with van der Waals surface area (Å²) >= 11 is 1.27. The molecule has 0 saturated heterocycles. The number of carbonyl (C=O) groups is 1. The summed E-state index contributed by atoms with van der Waals surface area (Å²) in [5.74, 6) is 0.731. The standard InChI is InChI=1S/C29H33N3O5S/c1-7-31(8-2)20-15-14-19(23(17-20)36-6)16-24-27(33)32-26(21-12-10-11-13-22(21)35-5)25(28(34)37-9-3)18(4)30-29(32)38-24/h10-17,26H,7-9H2,1-6H3/b24-16+. The summed E-state index contributed by atoms with van der Waals surface area (Å²) in [6.07, 6.45) is 1.82. The summed E-state index contributed by atoms with van der Waals surface area (Å²) in [5, 5.41) is 0. The zero-order chi connectivity index (χ0) is 27.4. The molecule has 1 aliphatic heterocycles. The average molecular weight is 536 g/mol. The molecule has 200 valence electrons. The molecule has 1 atom stereocenters. The van der Waals surface area contributed by atoms with Gasteiger partial charge in [-0.1, -0.05) is 29.5 Å². The average Bonchev–Trinajstić information content (AvgIpc) is 3.23. The van der Waals surface area contributed by atoms with Crippen LogP contribution in [0.15, 0.2) is 63.5 Å². The van der Waals surface area contributed by atoms with Gasteiger partial charge in [-0.15, -0.1) is 0 Å². The van der Waals surface area contributed by atoms with Crippen LogP contribution >= 0.6 is 11.3 Å². The van der Waals surface area contributed by atoms with Crippen LogP contribution in [0.5, 0.6) is 11.5 Å². The van der Waals surface area contributed by atoms with Gasteiger partial charge < -0.3 is 19.1 Å². The first-order valence-electron chi connectivity index (χ1n) is 12.6. The van der Waals surface area contributed by atoms with E-state index >= 15 is 0 Å². The highest BCUT2D eigenvalue weighted by Crippen LogP contribution is 2.35. The number of esters is 1. The summed E-state index contributed by atoms with van der Waals surface area (Å²) in [6.45, 7) is 9.69. The number of aromatic nitrogens is 1. The number of fused-ring (bicyclic) bond motifs is 1. The Labute approximate surface area is 226 Å². The van der Waals surface area contributed by atoms with Crippen molar-refractivity contribution in [2.75, 3.05) is 38.8 Å². The number of allylic oxidation sites excluding steroid dienone is 1. The molecule has 1 unspecified atom stereocenters. The van der Waals surface area contributed by atoms with E-state index in [4.69, 9.17) is 14.2 Å². The predicted octanol–water partition coefficient (Wildman–Crippen LogP) is 3.66. The van der Waals surface area contributed by atoms with E-state index < -0.39 is 12.0 Å². The van der Waals surface area contributed by atoms with Crippen LogP contribution in [0.4, 0.5) is 5.69 Å². The Morgan fingerprint density at radius 1 is 1.08 bits per heavy atom. The van der Waals surface area contributed by atoms with Crippen molar-refractivity contribution < 1.29 is 19.0 Å². The molecular formula is C29H33N3O5S. The van der Waals surface area contributed by atoms with Gasteiger partial charge in [0.05, 0.1) is 36.6 Å². The third-order valence-corrected chi connectivity index (χ3v) is 7.57. The summed E-state index contributed by atoms with van der Waals surface area (Å²) < 4.78 is 18.7. The number of benzene rings is 2. The first kappa shape index (κ1) is 27.2. The molecule has 1 aliphatic rings. The highest BCUT2D eigenvalue weighted by atomic mass is 32.1. The van der Waals surface area contributed by atoms with Gasteiger partial charge >= 0.3 is 5.97 Å². The fourth-order valence-electron chi connectivity index (χ4n) is 4.72. The van der Waals surface area contributed by atoms with Gasteiger partial charge in [0, 0.05) is 36.0 Å². The zero-order valence-electron chi connectivity index (χ0n) is 22.6. The summed E-state index contributed by atoms with van der Waals surface area (Å²) in [5.41, 5.74) is 3.08. The van der Waals surface area contributed by atoms with Crippen LogP contribution in [0.2, 0.25) is 0 Å². The van der Waals surface area contributed by atoms with Gasteiger partial charge in [0.15, 0.2) is 4.80 Å². The quantitative estimate of drug-likeness (QED) is 0.389. The van der Waals surface area contributed by atoms with Crippen LogP contribution in [-0.2, 0) is 9.53 Å². The van der Waals surface area contributed by atoms with Crippen molar-refractivity contribution in [3.8, 4) is 11.5 Å². The molecule has 8 nitrogen and oxygen atoms in total. The Kier molecular flexibility index (Phi) is 8.36. The van der Waals surface area contributed by atoms with Gasteiger partial charge in [-0.3, -0.25) is 9.36 Å². The Hall–Kier alpha value is -3.85. The van der Waals surface area contributed by atoms with Crippen LogP contribution in [0, 0.1) is 0 Å². The normalized spacial score (nSPS) is 15.1. The number of methoxy groups -OCH3 is 2. The number of hydrogen-bond acceptors (Lipinski definition) is 8. The molecule has 38 heavy (non-hydrogen) atoms. The van der Waals surface area contributed by atoms with Crippen LogP contribution in [0.3, 0.4) is 0 Å². The van der Waals surface area contributed by atoms with E-state index in [1.165, 1.54) is 11.3 Å². The maximum Gasteiger partial charge on any atom is 0.338 e. The number of anilines is 1. The molecule has 0 amide bonds. The Bertz CT molecular complexity index is 1550. The second kappa shape index (κ2) is 11.7. The summed E-state index contributed by atoms with van der Waals surface area (Å²) in [7, 11) is 3.19. The number of para-hydroxylation sites is 1. The molecule has 0 saturated carbocycles. The molecule has 0 fully saturated rings. The van der Waals surface area contributed by atoms with E-state index in [9.17, 15) is 9.59 Å². The highest BCUT2D eigenvalue weighted by Gasteiger charge is 2.35. The summed E-state index contributed by atoms with van der Waals surface area (Å²) in [4.78, 5) is 34.4.